The number of unbranched alkanes of at least 4 members (excludes halogenated alkanes) is 2. The second-order valence-corrected chi connectivity index (χ2v) is 5.00. The molecule has 1 aromatic carbocycles. The maximum atomic E-state index is 5.42. The molecule has 1 N–H and O–H groups in total. The Kier molecular flexibility index (Phi) is 11.2. The van der Waals surface area contributed by atoms with Gasteiger partial charge in [-0.2, -0.15) is 0 Å². The van der Waals surface area contributed by atoms with Crippen LogP contribution in [0.5, 0.6) is 0 Å². The van der Waals surface area contributed by atoms with Crippen LogP contribution in [0.3, 0.4) is 0 Å². The maximum Gasteiger partial charge on any atom is 0.0700 e. The lowest BCUT2D eigenvalue weighted by Crippen LogP contribution is -2.17. The van der Waals surface area contributed by atoms with Gasteiger partial charge in [0.2, 0.25) is 0 Å². The van der Waals surface area contributed by atoms with E-state index in [0.29, 0.717) is 13.2 Å². The summed E-state index contributed by atoms with van der Waals surface area (Å²) in [5.74, 6) is 0. The van der Waals surface area contributed by atoms with Crippen molar-refractivity contribution in [3.05, 3.63) is 35.9 Å². The molecule has 0 atom stereocenters. The summed E-state index contributed by atoms with van der Waals surface area (Å²) in [5, 5.41) is 3.49. The van der Waals surface area contributed by atoms with E-state index in [9.17, 15) is 0 Å². The van der Waals surface area contributed by atoms with Gasteiger partial charge in [0.25, 0.3) is 0 Å². The maximum absolute atomic E-state index is 5.42. The molecular formula is C17H29NO2. The SMILES string of the molecule is COCCOCCCCNCCCCc1ccccc1. The van der Waals surface area contributed by atoms with Gasteiger partial charge in [-0.3, -0.25) is 0 Å². The number of methoxy groups -OCH3 is 1. The van der Waals surface area contributed by atoms with Crippen LogP contribution < -0.4 is 5.32 Å². The molecule has 3 heteroatoms. The Morgan fingerprint density at radius 1 is 0.850 bits per heavy atom. The molecule has 0 saturated heterocycles. The van der Waals surface area contributed by atoms with Crippen molar-refractivity contribution < 1.29 is 9.47 Å². The first-order valence-corrected chi connectivity index (χ1v) is 7.75. The molecule has 1 rings (SSSR count). The fourth-order valence-electron chi connectivity index (χ4n) is 2.05. The van der Waals surface area contributed by atoms with Gasteiger partial charge in [0.05, 0.1) is 13.2 Å². The average Bonchev–Trinajstić information content (AvgIpc) is 2.49. The molecule has 0 aromatic heterocycles. The molecule has 114 valence electrons. The molecule has 0 aliphatic rings. The summed E-state index contributed by atoms with van der Waals surface area (Å²) >= 11 is 0. The van der Waals surface area contributed by atoms with Crippen molar-refractivity contribution in [3.8, 4) is 0 Å². The first kappa shape index (κ1) is 17.2. The van der Waals surface area contributed by atoms with Gasteiger partial charge in [0.1, 0.15) is 0 Å². The van der Waals surface area contributed by atoms with Crippen LogP contribution in [0, 0.1) is 0 Å². The average molecular weight is 279 g/mol. The number of hydrogen-bond acceptors (Lipinski definition) is 3. The summed E-state index contributed by atoms with van der Waals surface area (Å²) in [6.07, 6.45) is 6.01. The fraction of sp³-hybridized carbons (Fsp3) is 0.647. The fourth-order valence-corrected chi connectivity index (χ4v) is 2.05. The van der Waals surface area contributed by atoms with Crippen LogP contribution in [-0.4, -0.2) is 40.0 Å². The summed E-state index contributed by atoms with van der Waals surface area (Å²) in [4.78, 5) is 0. The summed E-state index contributed by atoms with van der Waals surface area (Å²) in [7, 11) is 1.70. The van der Waals surface area contributed by atoms with Crippen molar-refractivity contribution in [2.24, 2.45) is 0 Å². The standard InChI is InChI=1S/C17H29NO2/c1-19-15-16-20-14-8-7-13-18-12-6-5-11-17-9-3-2-4-10-17/h2-4,9-10,18H,5-8,11-16H2,1H3. The second kappa shape index (κ2) is 13.1. The molecule has 0 unspecified atom stereocenters. The van der Waals surface area contributed by atoms with E-state index in [1.807, 2.05) is 0 Å². The minimum atomic E-state index is 0.694. The quantitative estimate of drug-likeness (QED) is 0.563. The normalized spacial score (nSPS) is 10.8. The van der Waals surface area contributed by atoms with E-state index in [4.69, 9.17) is 9.47 Å². The Labute approximate surface area is 123 Å². The topological polar surface area (TPSA) is 30.5 Å². The van der Waals surface area contributed by atoms with Gasteiger partial charge in [0, 0.05) is 13.7 Å². The van der Waals surface area contributed by atoms with Gasteiger partial charge >= 0.3 is 0 Å². The zero-order valence-electron chi connectivity index (χ0n) is 12.8. The van der Waals surface area contributed by atoms with Crippen molar-refractivity contribution in [2.75, 3.05) is 40.0 Å². The van der Waals surface area contributed by atoms with Crippen LogP contribution >= 0.6 is 0 Å². The van der Waals surface area contributed by atoms with Gasteiger partial charge in [0.15, 0.2) is 0 Å². The molecular weight excluding hydrogens is 250 g/mol. The molecule has 0 fully saturated rings. The first-order valence-electron chi connectivity index (χ1n) is 7.75. The zero-order chi connectivity index (χ0) is 14.3. The van der Waals surface area contributed by atoms with Crippen molar-refractivity contribution in [1.29, 1.82) is 0 Å². The van der Waals surface area contributed by atoms with Crippen molar-refractivity contribution in [3.63, 3.8) is 0 Å². The molecule has 0 amide bonds. The third-order valence-corrected chi connectivity index (χ3v) is 3.24. The lowest BCUT2D eigenvalue weighted by Gasteiger charge is -2.06. The van der Waals surface area contributed by atoms with Crippen LogP contribution in [0.2, 0.25) is 0 Å². The van der Waals surface area contributed by atoms with E-state index in [2.05, 4.69) is 35.6 Å². The van der Waals surface area contributed by atoms with Gasteiger partial charge in [-0.25, -0.2) is 0 Å². The summed E-state index contributed by atoms with van der Waals surface area (Å²) in [6.45, 7) is 4.47. The highest BCUT2D eigenvalue weighted by Crippen LogP contribution is 2.03. The number of rotatable bonds is 13. The monoisotopic (exact) mass is 279 g/mol. The molecule has 1 aromatic rings. The highest BCUT2D eigenvalue weighted by molar-refractivity contribution is 5.14. The zero-order valence-corrected chi connectivity index (χ0v) is 12.8. The van der Waals surface area contributed by atoms with E-state index < -0.39 is 0 Å². The Morgan fingerprint density at radius 3 is 2.35 bits per heavy atom. The smallest absolute Gasteiger partial charge is 0.0700 e. The van der Waals surface area contributed by atoms with Crippen molar-refractivity contribution in [1.82, 2.24) is 5.32 Å². The van der Waals surface area contributed by atoms with Crippen molar-refractivity contribution >= 4 is 0 Å². The van der Waals surface area contributed by atoms with Crippen LogP contribution in [0.1, 0.15) is 31.2 Å². The number of ether oxygens (including phenoxy) is 2. The molecule has 0 radical (unpaired) electrons. The third-order valence-electron chi connectivity index (χ3n) is 3.24. The number of aryl methyl sites for hydroxylation is 1. The molecule has 0 spiro atoms. The van der Waals surface area contributed by atoms with Crippen LogP contribution in [0.15, 0.2) is 30.3 Å². The summed E-state index contributed by atoms with van der Waals surface area (Å²) < 4.78 is 10.3. The molecule has 0 aliphatic heterocycles. The Hall–Kier alpha value is -0.900. The van der Waals surface area contributed by atoms with Gasteiger partial charge in [-0.1, -0.05) is 30.3 Å². The minimum Gasteiger partial charge on any atom is -0.382 e. The molecule has 0 bridgehead atoms. The van der Waals surface area contributed by atoms with Crippen LogP contribution in [-0.2, 0) is 15.9 Å². The Bertz CT molecular complexity index is 303. The lowest BCUT2D eigenvalue weighted by atomic mass is 10.1. The third kappa shape index (κ3) is 9.96. The molecule has 0 aliphatic carbocycles. The molecule has 0 saturated carbocycles. The predicted molar refractivity (Wildman–Crippen MR) is 84.2 cm³/mol. The van der Waals surface area contributed by atoms with Gasteiger partial charge in [-0.15, -0.1) is 0 Å². The second-order valence-electron chi connectivity index (χ2n) is 5.00. The minimum absolute atomic E-state index is 0.694. The lowest BCUT2D eigenvalue weighted by molar-refractivity contribution is 0.0688. The molecule has 3 nitrogen and oxygen atoms in total. The highest BCUT2D eigenvalue weighted by Gasteiger charge is 1.93. The van der Waals surface area contributed by atoms with E-state index in [1.165, 1.54) is 31.2 Å². The van der Waals surface area contributed by atoms with E-state index >= 15 is 0 Å². The summed E-state index contributed by atoms with van der Waals surface area (Å²) in [6, 6.07) is 10.7. The van der Waals surface area contributed by atoms with Crippen molar-refractivity contribution in [2.45, 2.75) is 32.1 Å². The molecule has 20 heavy (non-hydrogen) atoms. The van der Waals surface area contributed by atoms with Crippen LogP contribution in [0.4, 0.5) is 0 Å². The number of benzene rings is 1. The van der Waals surface area contributed by atoms with E-state index in [1.54, 1.807) is 7.11 Å². The molecule has 0 heterocycles. The van der Waals surface area contributed by atoms with E-state index in [-0.39, 0.29) is 0 Å². The Balaban J connectivity index is 1.77. The Morgan fingerprint density at radius 2 is 1.60 bits per heavy atom. The van der Waals surface area contributed by atoms with E-state index in [0.717, 1.165) is 26.1 Å². The van der Waals surface area contributed by atoms with Gasteiger partial charge < -0.3 is 14.8 Å². The number of nitrogens with one attached hydrogen (secondary N) is 1. The highest BCUT2D eigenvalue weighted by atomic mass is 16.5. The summed E-state index contributed by atoms with van der Waals surface area (Å²) in [5.41, 5.74) is 1.45. The predicted octanol–water partition coefficient (Wildman–Crippen LogP) is 3.04. The first-order chi connectivity index (χ1) is 9.93. The largest absolute Gasteiger partial charge is 0.382 e. The van der Waals surface area contributed by atoms with Crippen LogP contribution in [0.25, 0.3) is 0 Å². The van der Waals surface area contributed by atoms with Gasteiger partial charge in [-0.05, 0) is 50.8 Å². The number of hydrogen-bond donors (Lipinski definition) is 1.